The molecule has 1 atom stereocenters. The molecule has 0 aromatic rings. The summed E-state index contributed by atoms with van der Waals surface area (Å²) >= 11 is 1.90. The van der Waals surface area contributed by atoms with Crippen molar-refractivity contribution in [3.8, 4) is 6.07 Å². The Kier molecular flexibility index (Phi) is 3.75. The molecule has 3 nitrogen and oxygen atoms in total. The van der Waals surface area contributed by atoms with Crippen molar-refractivity contribution < 1.29 is 4.79 Å². The number of nitrogens with zero attached hydrogens (tertiary/aromatic N) is 1. The van der Waals surface area contributed by atoms with Crippen molar-refractivity contribution in [3.63, 3.8) is 0 Å². The summed E-state index contributed by atoms with van der Waals surface area (Å²) < 4.78 is 0. The van der Waals surface area contributed by atoms with Gasteiger partial charge in [0.25, 0.3) is 0 Å². The molecule has 1 saturated carbocycles. The molecule has 1 aliphatic heterocycles. The second-order valence-corrected chi connectivity index (χ2v) is 5.94. The minimum atomic E-state index is -0.706. The smallest absolute Gasteiger partial charge is 0.240 e. The molecule has 0 aromatic carbocycles. The summed E-state index contributed by atoms with van der Waals surface area (Å²) in [7, 11) is 0. The lowest BCUT2D eigenvalue weighted by Crippen LogP contribution is -2.45. The molecule has 0 radical (unpaired) electrons. The van der Waals surface area contributed by atoms with E-state index in [-0.39, 0.29) is 11.9 Å². The Morgan fingerprint density at radius 2 is 2.12 bits per heavy atom. The minimum Gasteiger partial charge on any atom is -0.351 e. The van der Waals surface area contributed by atoms with Crippen molar-refractivity contribution in [1.82, 2.24) is 5.32 Å². The SMILES string of the molecule is N#CC1(C(=O)NC2CCCSC2)CCCC1. The maximum Gasteiger partial charge on any atom is 0.240 e. The van der Waals surface area contributed by atoms with Crippen LogP contribution in [0.25, 0.3) is 0 Å². The zero-order valence-electron chi connectivity index (χ0n) is 9.50. The number of rotatable bonds is 2. The van der Waals surface area contributed by atoms with Crippen molar-refractivity contribution in [2.45, 2.75) is 44.6 Å². The van der Waals surface area contributed by atoms with Gasteiger partial charge in [0, 0.05) is 11.8 Å². The Balaban J connectivity index is 1.93. The molecule has 1 N–H and O–H groups in total. The number of nitrogens with one attached hydrogen (secondary N) is 1. The molecule has 1 aliphatic carbocycles. The lowest BCUT2D eigenvalue weighted by atomic mass is 9.86. The summed E-state index contributed by atoms with van der Waals surface area (Å²) in [5, 5.41) is 12.3. The fourth-order valence-electron chi connectivity index (χ4n) is 2.55. The van der Waals surface area contributed by atoms with E-state index in [2.05, 4.69) is 11.4 Å². The maximum atomic E-state index is 12.1. The van der Waals surface area contributed by atoms with E-state index >= 15 is 0 Å². The molecule has 0 aromatic heterocycles. The molecule has 2 rings (SSSR count). The van der Waals surface area contributed by atoms with Gasteiger partial charge in [-0.3, -0.25) is 4.79 Å². The highest BCUT2D eigenvalue weighted by Gasteiger charge is 2.42. The van der Waals surface area contributed by atoms with Gasteiger partial charge in [-0.15, -0.1) is 0 Å². The van der Waals surface area contributed by atoms with Gasteiger partial charge in [0.2, 0.25) is 5.91 Å². The van der Waals surface area contributed by atoms with Gasteiger partial charge in [0.15, 0.2) is 0 Å². The van der Waals surface area contributed by atoms with Crippen LogP contribution in [0.5, 0.6) is 0 Å². The van der Waals surface area contributed by atoms with Gasteiger partial charge in [0.1, 0.15) is 5.41 Å². The van der Waals surface area contributed by atoms with Crippen LogP contribution in [-0.4, -0.2) is 23.5 Å². The summed E-state index contributed by atoms with van der Waals surface area (Å²) in [6, 6.07) is 2.54. The lowest BCUT2D eigenvalue weighted by molar-refractivity contribution is -0.128. The van der Waals surface area contributed by atoms with E-state index in [4.69, 9.17) is 0 Å². The Bertz CT molecular complexity index is 299. The number of hydrogen-bond acceptors (Lipinski definition) is 3. The molecule has 4 heteroatoms. The second kappa shape index (κ2) is 5.09. The quantitative estimate of drug-likeness (QED) is 0.801. The van der Waals surface area contributed by atoms with Crippen LogP contribution >= 0.6 is 11.8 Å². The first kappa shape index (κ1) is 11.8. The molecule has 88 valence electrons. The molecule has 0 bridgehead atoms. The third-order valence-corrected chi connectivity index (χ3v) is 4.82. The second-order valence-electron chi connectivity index (χ2n) is 4.79. The zero-order chi connectivity index (χ0) is 11.4. The van der Waals surface area contributed by atoms with Crippen LogP contribution in [0.1, 0.15) is 38.5 Å². The van der Waals surface area contributed by atoms with Gasteiger partial charge in [-0.05, 0) is 31.4 Å². The van der Waals surface area contributed by atoms with Crippen LogP contribution in [0, 0.1) is 16.7 Å². The predicted molar refractivity (Wildman–Crippen MR) is 65.0 cm³/mol. The molecule has 1 unspecified atom stereocenters. The number of nitriles is 1. The minimum absolute atomic E-state index is 0.0139. The Morgan fingerprint density at radius 1 is 1.38 bits per heavy atom. The molecule has 2 fully saturated rings. The van der Waals surface area contributed by atoms with E-state index in [1.165, 1.54) is 12.2 Å². The average molecular weight is 238 g/mol. The van der Waals surface area contributed by atoms with Gasteiger partial charge >= 0.3 is 0 Å². The van der Waals surface area contributed by atoms with E-state index in [9.17, 15) is 10.1 Å². The van der Waals surface area contributed by atoms with E-state index < -0.39 is 5.41 Å². The van der Waals surface area contributed by atoms with Crippen molar-refractivity contribution in [1.29, 1.82) is 5.26 Å². The largest absolute Gasteiger partial charge is 0.351 e. The Morgan fingerprint density at radius 3 is 2.69 bits per heavy atom. The van der Waals surface area contributed by atoms with Crippen molar-refractivity contribution in [2.75, 3.05) is 11.5 Å². The summed E-state index contributed by atoms with van der Waals surface area (Å²) in [5.74, 6) is 2.20. The molecule has 1 saturated heterocycles. The number of carbonyl (C=O) groups excluding carboxylic acids is 1. The van der Waals surface area contributed by atoms with Gasteiger partial charge in [-0.2, -0.15) is 17.0 Å². The van der Waals surface area contributed by atoms with Gasteiger partial charge in [-0.25, -0.2) is 0 Å². The first-order valence-electron chi connectivity index (χ1n) is 6.07. The molecule has 16 heavy (non-hydrogen) atoms. The third kappa shape index (κ3) is 2.35. The standard InChI is InChI=1S/C12H18N2OS/c13-9-12(5-1-2-6-12)11(15)14-10-4-3-7-16-8-10/h10H,1-8H2,(H,14,15). The summed E-state index contributed by atoms with van der Waals surface area (Å²) in [4.78, 5) is 12.1. The number of hydrogen-bond donors (Lipinski definition) is 1. The topological polar surface area (TPSA) is 52.9 Å². The van der Waals surface area contributed by atoms with Crippen molar-refractivity contribution in [2.24, 2.45) is 5.41 Å². The van der Waals surface area contributed by atoms with Crippen molar-refractivity contribution in [3.05, 3.63) is 0 Å². The zero-order valence-corrected chi connectivity index (χ0v) is 10.3. The van der Waals surface area contributed by atoms with E-state index in [0.29, 0.717) is 0 Å². The van der Waals surface area contributed by atoms with Crippen LogP contribution in [0.3, 0.4) is 0 Å². The van der Waals surface area contributed by atoms with E-state index in [0.717, 1.165) is 37.9 Å². The van der Waals surface area contributed by atoms with Crippen LogP contribution in [0.2, 0.25) is 0 Å². The number of amides is 1. The number of thioether (sulfide) groups is 1. The lowest BCUT2D eigenvalue weighted by Gasteiger charge is -2.27. The molecular formula is C12H18N2OS. The van der Waals surface area contributed by atoms with Crippen molar-refractivity contribution >= 4 is 17.7 Å². The fraction of sp³-hybridized carbons (Fsp3) is 0.833. The molecule has 0 spiro atoms. The summed E-state index contributed by atoms with van der Waals surface area (Å²) in [5.41, 5.74) is -0.706. The summed E-state index contributed by atoms with van der Waals surface area (Å²) in [6.45, 7) is 0. The van der Waals surface area contributed by atoms with E-state index in [1.807, 2.05) is 11.8 Å². The Labute approximate surface area is 101 Å². The predicted octanol–water partition coefficient (Wildman–Crippen LogP) is 2.08. The van der Waals surface area contributed by atoms with Crippen LogP contribution < -0.4 is 5.32 Å². The van der Waals surface area contributed by atoms with Gasteiger partial charge in [-0.1, -0.05) is 12.8 Å². The molecule has 1 heterocycles. The maximum absolute atomic E-state index is 12.1. The Hall–Kier alpha value is -0.690. The monoisotopic (exact) mass is 238 g/mol. The molecular weight excluding hydrogens is 220 g/mol. The highest BCUT2D eigenvalue weighted by Crippen LogP contribution is 2.37. The van der Waals surface area contributed by atoms with Gasteiger partial charge in [0.05, 0.1) is 6.07 Å². The number of carbonyl (C=O) groups is 1. The van der Waals surface area contributed by atoms with Crippen LogP contribution in [-0.2, 0) is 4.79 Å². The molecule has 1 amide bonds. The summed E-state index contributed by atoms with van der Waals surface area (Å²) in [6.07, 6.45) is 5.76. The van der Waals surface area contributed by atoms with E-state index in [1.54, 1.807) is 0 Å². The first-order valence-corrected chi connectivity index (χ1v) is 7.22. The third-order valence-electron chi connectivity index (χ3n) is 3.60. The first-order chi connectivity index (χ1) is 7.77. The highest BCUT2D eigenvalue weighted by molar-refractivity contribution is 7.99. The fourth-order valence-corrected chi connectivity index (χ4v) is 3.62. The highest BCUT2D eigenvalue weighted by atomic mass is 32.2. The van der Waals surface area contributed by atoms with Gasteiger partial charge < -0.3 is 5.32 Å². The van der Waals surface area contributed by atoms with Crippen LogP contribution in [0.15, 0.2) is 0 Å². The average Bonchev–Trinajstić information content (AvgIpc) is 2.80. The molecule has 2 aliphatic rings. The van der Waals surface area contributed by atoms with Crippen LogP contribution in [0.4, 0.5) is 0 Å². The normalized spacial score (nSPS) is 28.3.